The molecule has 0 heterocycles. The smallest absolute Gasteiger partial charge is 0.383 e. The number of ether oxygens (including phenoxy) is 1. The summed E-state index contributed by atoms with van der Waals surface area (Å²) in [4.78, 5) is 0. The van der Waals surface area contributed by atoms with Gasteiger partial charge in [-0.1, -0.05) is 13.0 Å². The second-order valence-electron chi connectivity index (χ2n) is 4.23. The molecule has 2 nitrogen and oxygen atoms in total. The van der Waals surface area contributed by atoms with Crippen LogP contribution >= 0.6 is 0 Å². The molecule has 0 saturated carbocycles. The molecule has 1 aromatic carbocycles. The number of halogens is 3. The molecule has 1 N–H and O–H groups in total. The van der Waals surface area contributed by atoms with Crippen LogP contribution in [0.3, 0.4) is 0 Å². The molecular weight excluding hydrogens is 243 g/mol. The average Bonchev–Trinajstić information content (AvgIpc) is 2.29. The van der Waals surface area contributed by atoms with Crippen molar-refractivity contribution >= 4 is 5.69 Å². The van der Waals surface area contributed by atoms with Gasteiger partial charge in [-0.25, -0.2) is 0 Å². The van der Waals surface area contributed by atoms with Crippen molar-refractivity contribution in [2.75, 3.05) is 19.0 Å². The number of alkyl halides is 3. The van der Waals surface area contributed by atoms with Crippen LogP contribution in [0.1, 0.15) is 24.5 Å². The lowest BCUT2D eigenvalue weighted by Crippen LogP contribution is -2.24. The molecule has 1 atom stereocenters. The highest BCUT2D eigenvalue weighted by Crippen LogP contribution is 2.32. The van der Waals surface area contributed by atoms with Crippen LogP contribution in [0, 0.1) is 6.92 Å². The van der Waals surface area contributed by atoms with E-state index in [0.29, 0.717) is 12.3 Å². The summed E-state index contributed by atoms with van der Waals surface area (Å²) < 4.78 is 42.9. The Kier molecular flexibility index (Phi) is 5.02. The van der Waals surface area contributed by atoms with Crippen molar-refractivity contribution in [3.05, 3.63) is 29.3 Å². The zero-order chi connectivity index (χ0) is 13.8. The summed E-state index contributed by atoms with van der Waals surface area (Å²) in [5.41, 5.74) is 0.661. The number of benzene rings is 1. The Morgan fingerprint density at radius 2 is 2.00 bits per heavy atom. The average molecular weight is 261 g/mol. The van der Waals surface area contributed by atoms with Crippen molar-refractivity contribution in [1.29, 1.82) is 0 Å². The van der Waals surface area contributed by atoms with Crippen molar-refractivity contribution in [3.8, 4) is 0 Å². The predicted molar refractivity (Wildman–Crippen MR) is 65.8 cm³/mol. The number of hydrogen-bond acceptors (Lipinski definition) is 2. The van der Waals surface area contributed by atoms with E-state index >= 15 is 0 Å². The highest BCUT2D eigenvalue weighted by atomic mass is 19.4. The molecule has 0 aliphatic heterocycles. The van der Waals surface area contributed by atoms with Gasteiger partial charge in [-0.15, -0.1) is 0 Å². The van der Waals surface area contributed by atoms with Crippen molar-refractivity contribution in [1.82, 2.24) is 0 Å². The van der Waals surface area contributed by atoms with Crippen LogP contribution in [0.15, 0.2) is 18.2 Å². The molecule has 0 aliphatic carbocycles. The van der Waals surface area contributed by atoms with Crippen molar-refractivity contribution in [3.63, 3.8) is 0 Å². The minimum absolute atomic E-state index is 0.0113. The van der Waals surface area contributed by atoms with E-state index in [-0.39, 0.29) is 6.04 Å². The molecular formula is C13H18F3NO. The second-order valence-corrected chi connectivity index (χ2v) is 4.23. The SMILES string of the molecule is CCC(COC)Nc1cc(C(F)(F)F)ccc1C. The van der Waals surface area contributed by atoms with Gasteiger partial charge < -0.3 is 10.1 Å². The van der Waals surface area contributed by atoms with Gasteiger partial charge in [-0.05, 0) is 31.0 Å². The zero-order valence-corrected chi connectivity index (χ0v) is 10.8. The van der Waals surface area contributed by atoms with Gasteiger partial charge in [0.25, 0.3) is 0 Å². The highest BCUT2D eigenvalue weighted by Gasteiger charge is 2.30. The van der Waals surface area contributed by atoms with Gasteiger partial charge in [0.05, 0.1) is 12.2 Å². The van der Waals surface area contributed by atoms with Gasteiger partial charge >= 0.3 is 6.18 Å². The van der Waals surface area contributed by atoms with E-state index in [0.717, 1.165) is 24.1 Å². The first-order chi connectivity index (χ1) is 8.38. The summed E-state index contributed by atoms with van der Waals surface area (Å²) >= 11 is 0. The summed E-state index contributed by atoms with van der Waals surface area (Å²) in [6.07, 6.45) is -3.53. The third-order valence-electron chi connectivity index (χ3n) is 2.79. The van der Waals surface area contributed by atoms with E-state index in [1.807, 2.05) is 6.92 Å². The van der Waals surface area contributed by atoms with Crippen LogP contribution in [0.2, 0.25) is 0 Å². The van der Waals surface area contributed by atoms with Crippen LogP contribution < -0.4 is 5.32 Å². The van der Waals surface area contributed by atoms with Gasteiger partial charge in [-0.2, -0.15) is 13.2 Å². The van der Waals surface area contributed by atoms with Crippen molar-refractivity contribution < 1.29 is 17.9 Å². The molecule has 0 saturated heterocycles. The van der Waals surface area contributed by atoms with Crippen LogP contribution in [0.4, 0.5) is 18.9 Å². The lowest BCUT2D eigenvalue weighted by Gasteiger charge is -2.20. The number of hydrogen-bond donors (Lipinski definition) is 1. The summed E-state index contributed by atoms with van der Waals surface area (Å²) in [6, 6.07) is 3.73. The molecule has 0 aromatic heterocycles. The largest absolute Gasteiger partial charge is 0.416 e. The maximum Gasteiger partial charge on any atom is 0.416 e. The summed E-state index contributed by atoms with van der Waals surface area (Å²) in [5, 5.41) is 3.09. The molecule has 102 valence electrons. The van der Waals surface area contributed by atoms with Crippen molar-refractivity contribution in [2.45, 2.75) is 32.5 Å². The minimum atomic E-state index is -4.31. The van der Waals surface area contributed by atoms with Gasteiger partial charge in [0.1, 0.15) is 0 Å². The van der Waals surface area contributed by atoms with E-state index in [1.54, 1.807) is 14.0 Å². The first-order valence-electron chi connectivity index (χ1n) is 5.81. The molecule has 18 heavy (non-hydrogen) atoms. The van der Waals surface area contributed by atoms with Crippen LogP contribution in [-0.4, -0.2) is 19.8 Å². The predicted octanol–water partition coefficient (Wildman–Crippen LogP) is 3.85. The van der Waals surface area contributed by atoms with Crippen LogP contribution in [0.25, 0.3) is 0 Å². The lowest BCUT2D eigenvalue weighted by molar-refractivity contribution is -0.137. The second kappa shape index (κ2) is 6.09. The Bertz CT molecular complexity index is 390. The molecule has 0 amide bonds. The third kappa shape index (κ3) is 3.91. The van der Waals surface area contributed by atoms with Crippen molar-refractivity contribution in [2.24, 2.45) is 0 Å². The molecule has 0 aliphatic rings. The normalized spacial score (nSPS) is 13.4. The summed E-state index contributed by atoms with van der Waals surface area (Å²) in [7, 11) is 1.57. The molecule has 0 bridgehead atoms. The molecule has 0 spiro atoms. The first kappa shape index (κ1) is 14.8. The van der Waals surface area contributed by atoms with E-state index in [2.05, 4.69) is 5.32 Å². The third-order valence-corrected chi connectivity index (χ3v) is 2.79. The highest BCUT2D eigenvalue weighted by molar-refractivity contribution is 5.53. The number of anilines is 1. The molecule has 1 rings (SSSR count). The maximum atomic E-state index is 12.6. The standard InChI is InChI=1S/C13H18F3NO/c1-4-11(8-18-3)17-12-7-10(13(14,15)16)6-5-9(12)2/h5-7,11,17H,4,8H2,1-3H3. The zero-order valence-electron chi connectivity index (χ0n) is 10.8. The monoisotopic (exact) mass is 261 g/mol. The molecule has 0 fully saturated rings. The Hall–Kier alpha value is -1.23. The topological polar surface area (TPSA) is 21.3 Å². The van der Waals surface area contributed by atoms with Gasteiger partial charge in [0, 0.05) is 18.8 Å². The van der Waals surface area contributed by atoms with E-state index < -0.39 is 11.7 Å². The Morgan fingerprint density at radius 3 is 2.50 bits per heavy atom. The number of nitrogens with one attached hydrogen (secondary N) is 1. The van der Waals surface area contributed by atoms with Crippen LogP contribution in [0.5, 0.6) is 0 Å². The quantitative estimate of drug-likeness (QED) is 0.869. The molecule has 0 radical (unpaired) electrons. The Labute approximate surface area is 105 Å². The number of methoxy groups -OCH3 is 1. The van der Waals surface area contributed by atoms with Gasteiger partial charge in [0.2, 0.25) is 0 Å². The summed E-state index contributed by atoms with van der Waals surface area (Å²) in [5.74, 6) is 0. The lowest BCUT2D eigenvalue weighted by atomic mass is 10.1. The maximum absolute atomic E-state index is 12.6. The fourth-order valence-corrected chi connectivity index (χ4v) is 1.64. The van der Waals surface area contributed by atoms with Gasteiger partial charge in [-0.3, -0.25) is 0 Å². The summed E-state index contributed by atoms with van der Waals surface area (Å²) in [6.45, 7) is 4.20. The molecule has 1 aromatic rings. The van der Waals surface area contributed by atoms with E-state index in [9.17, 15) is 13.2 Å². The number of rotatable bonds is 5. The first-order valence-corrected chi connectivity index (χ1v) is 5.81. The molecule has 1 unspecified atom stereocenters. The number of aryl methyl sites for hydroxylation is 1. The fourth-order valence-electron chi connectivity index (χ4n) is 1.64. The Morgan fingerprint density at radius 1 is 1.33 bits per heavy atom. The molecule has 5 heteroatoms. The van der Waals surface area contributed by atoms with Crippen LogP contribution in [-0.2, 0) is 10.9 Å². The fraction of sp³-hybridized carbons (Fsp3) is 0.538. The van der Waals surface area contributed by atoms with Gasteiger partial charge in [0.15, 0.2) is 0 Å². The minimum Gasteiger partial charge on any atom is -0.383 e. The van der Waals surface area contributed by atoms with E-state index in [1.165, 1.54) is 6.07 Å². The van der Waals surface area contributed by atoms with E-state index in [4.69, 9.17) is 4.74 Å². The Balaban J connectivity index is 2.93.